The molecule has 1 heterocycles. The van der Waals surface area contributed by atoms with E-state index in [1.54, 1.807) is 37.3 Å². The Hall–Kier alpha value is -3.86. The molecule has 176 valence electrons. The van der Waals surface area contributed by atoms with Crippen LogP contribution in [0.4, 0.5) is 11.4 Å². The summed E-state index contributed by atoms with van der Waals surface area (Å²) in [4.78, 5) is 39.2. The molecule has 1 aliphatic heterocycles. The SMILES string of the molecule is [C-]#[N+]c1ccc(CCCC(=O)OCC)c(NC(=O)[C@@H]2C[C@]23CCOc2ccc(OC=O)cc23)c1. The number of rotatable bonds is 9. The number of ether oxygens (including phenoxy) is 3. The van der Waals surface area contributed by atoms with E-state index in [0.29, 0.717) is 74.7 Å². The van der Waals surface area contributed by atoms with Gasteiger partial charge >= 0.3 is 5.97 Å². The summed E-state index contributed by atoms with van der Waals surface area (Å²) in [7, 11) is 0. The number of carbonyl (C=O) groups excluding carboxylic acids is 3. The van der Waals surface area contributed by atoms with Crippen molar-refractivity contribution in [1.82, 2.24) is 0 Å². The average Bonchev–Trinajstić information content (AvgIpc) is 3.55. The number of anilines is 1. The quantitative estimate of drug-likeness (QED) is 0.338. The van der Waals surface area contributed by atoms with Crippen LogP contribution in [0.1, 0.15) is 43.7 Å². The highest BCUT2D eigenvalue weighted by Crippen LogP contribution is 2.61. The molecule has 1 amide bonds. The summed E-state index contributed by atoms with van der Waals surface area (Å²) in [5.74, 6) is 0.489. The zero-order chi connectivity index (χ0) is 24.1. The van der Waals surface area contributed by atoms with Crippen molar-refractivity contribution in [3.8, 4) is 11.5 Å². The molecule has 8 nitrogen and oxygen atoms in total. The second kappa shape index (κ2) is 9.96. The van der Waals surface area contributed by atoms with Crippen LogP contribution in [-0.2, 0) is 31.0 Å². The average molecular weight is 463 g/mol. The van der Waals surface area contributed by atoms with Crippen LogP contribution in [0.25, 0.3) is 4.85 Å². The fourth-order valence-electron chi connectivity index (χ4n) is 4.70. The number of esters is 1. The lowest BCUT2D eigenvalue weighted by Gasteiger charge is -2.27. The van der Waals surface area contributed by atoms with Gasteiger partial charge in [-0.2, -0.15) is 0 Å². The molecule has 0 bridgehead atoms. The Kier molecular flexibility index (Phi) is 6.82. The normalized spacial score (nSPS) is 19.8. The zero-order valence-electron chi connectivity index (χ0n) is 19.0. The van der Waals surface area contributed by atoms with Crippen molar-refractivity contribution in [2.75, 3.05) is 18.5 Å². The largest absolute Gasteiger partial charge is 0.493 e. The van der Waals surface area contributed by atoms with E-state index in [1.807, 2.05) is 6.07 Å². The molecule has 2 aromatic carbocycles. The molecule has 2 aromatic rings. The highest BCUT2D eigenvalue weighted by atomic mass is 16.5. The first-order chi connectivity index (χ1) is 16.5. The molecule has 1 aliphatic carbocycles. The number of amides is 1. The van der Waals surface area contributed by atoms with Crippen LogP contribution in [0, 0.1) is 12.5 Å². The van der Waals surface area contributed by atoms with Gasteiger partial charge in [0.25, 0.3) is 6.47 Å². The number of aryl methyl sites for hydroxylation is 1. The third-order valence-corrected chi connectivity index (χ3v) is 6.48. The molecule has 4 rings (SSSR count). The standard InChI is InChI=1S/C26H26N2O6/c1-3-32-24(30)6-4-5-17-7-8-18(27-2)13-22(17)28-25(31)21-15-26(21)11-12-33-23-10-9-19(34-16-29)14-20(23)26/h7-10,13-14,16,21H,3-6,11-12,15H2,1H3,(H,28,31)/t21-,26-/m0/s1. The molecule has 0 saturated heterocycles. The first-order valence-corrected chi connectivity index (χ1v) is 11.3. The zero-order valence-corrected chi connectivity index (χ0v) is 19.0. The van der Waals surface area contributed by atoms with Gasteiger partial charge in [-0.15, -0.1) is 0 Å². The summed E-state index contributed by atoms with van der Waals surface area (Å²) in [5.41, 5.74) is 2.41. The number of benzene rings is 2. The minimum atomic E-state index is -0.360. The van der Waals surface area contributed by atoms with Crippen molar-refractivity contribution in [3.05, 3.63) is 58.9 Å². The van der Waals surface area contributed by atoms with Gasteiger partial charge < -0.3 is 19.5 Å². The molecule has 0 unspecified atom stereocenters. The molecule has 2 atom stereocenters. The summed E-state index contributed by atoms with van der Waals surface area (Å²) < 4.78 is 15.7. The molecule has 0 aromatic heterocycles. The van der Waals surface area contributed by atoms with Crippen LogP contribution < -0.4 is 14.8 Å². The van der Waals surface area contributed by atoms with E-state index in [1.165, 1.54) is 0 Å². The van der Waals surface area contributed by atoms with E-state index in [0.717, 1.165) is 11.1 Å². The van der Waals surface area contributed by atoms with Crippen LogP contribution in [0.15, 0.2) is 36.4 Å². The molecule has 8 heteroatoms. The Morgan fingerprint density at radius 3 is 2.91 bits per heavy atom. The summed E-state index contributed by atoms with van der Waals surface area (Å²) >= 11 is 0. The van der Waals surface area contributed by atoms with Gasteiger partial charge in [0.1, 0.15) is 11.5 Å². The van der Waals surface area contributed by atoms with Crippen molar-refractivity contribution in [2.45, 2.75) is 44.4 Å². The minimum Gasteiger partial charge on any atom is -0.493 e. The lowest BCUT2D eigenvalue weighted by Crippen LogP contribution is -2.27. The number of nitrogens with one attached hydrogen (secondary N) is 1. The Bertz CT molecular complexity index is 1150. The van der Waals surface area contributed by atoms with Crippen LogP contribution >= 0.6 is 0 Å². The molecule has 1 N–H and O–H groups in total. The maximum Gasteiger partial charge on any atom is 0.305 e. The van der Waals surface area contributed by atoms with Gasteiger partial charge in [-0.1, -0.05) is 12.1 Å². The maximum absolute atomic E-state index is 13.3. The van der Waals surface area contributed by atoms with E-state index in [4.69, 9.17) is 20.8 Å². The van der Waals surface area contributed by atoms with E-state index >= 15 is 0 Å². The molecular weight excluding hydrogens is 436 g/mol. The van der Waals surface area contributed by atoms with E-state index < -0.39 is 0 Å². The number of hydrogen-bond acceptors (Lipinski definition) is 6. The lowest BCUT2D eigenvalue weighted by molar-refractivity contribution is -0.143. The number of nitrogens with zero attached hydrogens (tertiary/aromatic N) is 1. The monoisotopic (exact) mass is 462 g/mol. The highest BCUT2D eigenvalue weighted by molar-refractivity contribution is 5.97. The molecule has 1 spiro atoms. The Morgan fingerprint density at radius 2 is 2.15 bits per heavy atom. The van der Waals surface area contributed by atoms with Gasteiger partial charge in [-0.3, -0.25) is 14.4 Å². The van der Waals surface area contributed by atoms with Crippen molar-refractivity contribution < 1.29 is 28.6 Å². The summed E-state index contributed by atoms with van der Waals surface area (Å²) in [6, 6.07) is 10.4. The molecule has 1 fully saturated rings. The molecular formula is C26H26N2O6. The van der Waals surface area contributed by atoms with Crippen LogP contribution in [0.2, 0.25) is 0 Å². The lowest BCUT2D eigenvalue weighted by atomic mass is 9.87. The Labute approximate surface area is 198 Å². The van der Waals surface area contributed by atoms with E-state index in [9.17, 15) is 14.4 Å². The first-order valence-electron chi connectivity index (χ1n) is 11.3. The van der Waals surface area contributed by atoms with Crippen molar-refractivity contribution in [1.29, 1.82) is 0 Å². The smallest absolute Gasteiger partial charge is 0.305 e. The number of hydrogen-bond donors (Lipinski definition) is 1. The van der Waals surface area contributed by atoms with Gasteiger partial charge in [0.2, 0.25) is 5.91 Å². The highest BCUT2D eigenvalue weighted by Gasteiger charge is 2.61. The number of carbonyl (C=O) groups is 3. The van der Waals surface area contributed by atoms with E-state index in [2.05, 4.69) is 10.2 Å². The van der Waals surface area contributed by atoms with Crippen molar-refractivity contribution in [3.63, 3.8) is 0 Å². The van der Waals surface area contributed by atoms with Crippen LogP contribution in [0.3, 0.4) is 0 Å². The second-order valence-corrected chi connectivity index (χ2v) is 8.48. The maximum atomic E-state index is 13.3. The van der Waals surface area contributed by atoms with Crippen molar-refractivity contribution in [2.24, 2.45) is 5.92 Å². The molecule has 2 aliphatic rings. The summed E-state index contributed by atoms with van der Waals surface area (Å²) in [6.07, 6.45) is 2.80. The molecule has 34 heavy (non-hydrogen) atoms. The Balaban J connectivity index is 1.50. The predicted octanol–water partition coefficient (Wildman–Crippen LogP) is 4.34. The third kappa shape index (κ3) is 4.74. The van der Waals surface area contributed by atoms with Crippen molar-refractivity contribution >= 4 is 29.7 Å². The van der Waals surface area contributed by atoms with Gasteiger partial charge in [0.05, 0.1) is 19.8 Å². The van der Waals surface area contributed by atoms with Gasteiger partial charge in [-0.25, -0.2) is 4.85 Å². The second-order valence-electron chi connectivity index (χ2n) is 8.48. The van der Waals surface area contributed by atoms with E-state index in [-0.39, 0.29) is 23.2 Å². The predicted molar refractivity (Wildman–Crippen MR) is 124 cm³/mol. The molecule has 1 saturated carbocycles. The van der Waals surface area contributed by atoms with Crippen LogP contribution in [0.5, 0.6) is 11.5 Å². The fraction of sp³-hybridized carbons (Fsp3) is 0.385. The first kappa shape index (κ1) is 23.3. The third-order valence-electron chi connectivity index (χ3n) is 6.48. The van der Waals surface area contributed by atoms with Gasteiger partial charge in [0.15, 0.2) is 5.69 Å². The minimum absolute atomic E-state index is 0.122. The number of fused-ring (bicyclic) bond motifs is 2. The summed E-state index contributed by atoms with van der Waals surface area (Å²) in [5, 5.41) is 3.03. The van der Waals surface area contributed by atoms with Gasteiger partial charge in [0, 0.05) is 29.0 Å². The fourth-order valence-corrected chi connectivity index (χ4v) is 4.70. The topological polar surface area (TPSA) is 95.3 Å². The molecule has 0 radical (unpaired) electrons. The Morgan fingerprint density at radius 1 is 1.29 bits per heavy atom. The van der Waals surface area contributed by atoms with Gasteiger partial charge in [-0.05, 0) is 62.4 Å². The van der Waals surface area contributed by atoms with Crippen LogP contribution in [-0.4, -0.2) is 31.6 Å². The summed E-state index contributed by atoms with van der Waals surface area (Å²) in [6.45, 7) is 10.3.